The number of hydrogen-bond acceptors (Lipinski definition) is 6. The minimum atomic E-state index is -1.04. The largest absolute Gasteiger partial charge is 0.484 e. The summed E-state index contributed by atoms with van der Waals surface area (Å²) in [5, 5.41) is 11.8. The van der Waals surface area contributed by atoms with E-state index in [0.29, 0.717) is 24.8 Å². The van der Waals surface area contributed by atoms with E-state index >= 15 is 0 Å². The monoisotopic (exact) mass is 402 g/mol. The van der Waals surface area contributed by atoms with Crippen LogP contribution in [0.5, 0.6) is 5.75 Å². The van der Waals surface area contributed by atoms with E-state index in [4.69, 9.17) is 9.84 Å². The quantitative estimate of drug-likeness (QED) is 0.574. The number of hydrogen-bond donors (Lipinski definition) is 2. The third-order valence-electron chi connectivity index (χ3n) is 4.85. The fourth-order valence-electron chi connectivity index (χ4n) is 3.35. The van der Waals surface area contributed by atoms with E-state index < -0.39 is 5.97 Å². The van der Waals surface area contributed by atoms with E-state index in [-0.39, 0.29) is 31.5 Å². The van der Waals surface area contributed by atoms with Crippen molar-refractivity contribution in [2.24, 2.45) is 4.99 Å². The normalized spacial score (nSPS) is 14.6. The summed E-state index contributed by atoms with van der Waals surface area (Å²) in [5.41, 5.74) is 1.65. The van der Waals surface area contributed by atoms with Crippen molar-refractivity contribution in [1.82, 2.24) is 15.1 Å². The minimum Gasteiger partial charge on any atom is -0.484 e. The van der Waals surface area contributed by atoms with Gasteiger partial charge in [0.25, 0.3) is 5.91 Å². The molecular formula is C20H26N4O5. The number of carboxylic acids is 1. The average Bonchev–Trinajstić information content (AvgIpc) is 3.04. The number of nitrogens with one attached hydrogen (secondary N) is 1. The van der Waals surface area contributed by atoms with Gasteiger partial charge in [-0.25, -0.2) is 4.99 Å². The lowest BCUT2D eigenvalue weighted by atomic mass is 10.1. The van der Waals surface area contributed by atoms with Gasteiger partial charge in [0.1, 0.15) is 18.8 Å². The van der Waals surface area contributed by atoms with Gasteiger partial charge in [-0.05, 0) is 24.6 Å². The van der Waals surface area contributed by atoms with E-state index in [2.05, 4.69) is 17.2 Å². The van der Waals surface area contributed by atoms with Gasteiger partial charge in [-0.1, -0.05) is 26.2 Å². The van der Waals surface area contributed by atoms with Crippen molar-refractivity contribution in [1.29, 1.82) is 0 Å². The van der Waals surface area contributed by atoms with Gasteiger partial charge in [0.05, 0.1) is 5.69 Å². The van der Waals surface area contributed by atoms with E-state index in [1.165, 1.54) is 4.90 Å². The molecule has 1 saturated heterocycles. The molecule has 9 heteroatoms. The molecule has 2 aliphatic rings. The third-order valence-corrected chi connectivity index (χ3v) is 4.85. The van der Waals surface area contributed by atoms with Crippen molar-refractivity contribution in [3.05, 3.63) is 23.8 Å². The highest BCUT2D eigenvalue weighted by atomic mass is 16.5. The summed E-state index contributed by atoms with van der Waals surface area (Å²) in [6.45, 7) is 2.75. The molecule has 0 aliphatic carbocycles. The van der Waals surface area contributed by atoms with Crippen molar-refractivity contribution in [2.75, 3.05) is 26.2 Å². The van der Waals surface area contributed by atoms with E-state index in [0.717, 1.165) is 36.9 Å². The molecule has 1 aromatic carbocycles. The summed E-state index contributed by atoms with van der Waals surface area (Å²) in [6.07, 6.45) is 3.86. The molecular weight excluding hydrogens is 376 g/mol. The lowest BCUT2D eigenvalue weighted by Crippen LogP contribution is -2.39. The molecule has 2 aliphatic heterocycles. The molecule has 0 saturated carbocycles. The lowest BCUT2D eigenvalue weighted by molar-refractivity contribution is -0.145. The number of carbonyl (C=O) groups excluding carboxylic acids is 2. The Morgan fingerprint density at radius 1 is 1.28 bits per heavy atom. The van der Waals surface area contributed by atoms with E-state index in [1.807, 2.05) is 4.90 Å². The van der Waals surface area contributed by atoms with Crippen LogP contribution < -0.4 is 10.1 Å². The van der Waals surface area contributed by atoms with Crippen LogP contribution in [0.4, 0.5) is 5.69 Å². The summed E-state index contributed by atoms with van der Waals surface area (Å²) >= 11 is 0. The number of unbranched alkanes of at least 4 members (excludes halogenated alkanes) is 3. The Balaban J connectivity index is 1.57. The van der Waals surface area contributed by atoms with Crippen LogP contribution in [0, 0.1) is 0 Å². The first-order chi connectivity index (χ1) is 14.0. The van der Waals surface area contributed by atoms with Gasteiger partial charge in [0.15, 0.2) is 6.61 Å². The van der Waals surface area contributed by atoms with Crippen LogP contribution in [0.15, 0.2) is 23.2 Å². The fraction of sp³-hybridized carbons (Fsp3) is 0.500. The molecule has 2 heterocycles. The molecule has 0 atom stereocenters. The second-order valence-corrected chi connectivity index (χ2v) is 7.19. The fourth-order valence-corrected chi connectivity index (χ4v) is 3.35. The maximum atomic E-state index is 12.5. The highest BCUT2D eigenvalue weighted by Crippen LogP contribution is 2.30. The highest BCUT2D eigenvalue weighted by Gasteiger charge is 2.29. The smallest absolute Gasteiger partial charge is 0.323 e. The number of ether oxygens (including phenoxy) is 1. The maximum Gasteiger partial charge on any atom is 0.323 e. The Bertz CT molecular complexity index is 823. The van der Waals surface area contributed by atoms with Gasteiger partial charge >= 0.3 is 5.97 Å². The Labute approximate surface area is 169 Å². The van der Waals surface area contributed by atoms with Gasteiger partial charge in [0, 0.05) is 18.7 Å². The molecule has 1 fully saturated rings. The highest BCUT2D eigenvalue weighted by molar-refractivity contribution is 6.05. The number of benzene rings is 1. The molecule has 0 radical (unpaired) electrons. The minimum absolute atomic E-state index is 0.0870. The third kappa shape index (κ3) is 5.46. The Morgan fingerprint density at radius 3 is 2.86 bits per heavy atom. The second kappa shape index (κ2) is 9.40. The Morgan fingerprint density at radius 2 is 2.10 bits per heavy atom. The van der Waals surface area contributed by atoms with Gasteiger partial charge in [-0.3, -0.25) is 19.7 Å². The number of nitrogens with zero attached hydrogens (tertiary/aromatic N) is 3. The zero-order valence-corrected chi connectivity index (χ0v) is 16.5. The lowest BCUT2D eigenvalue weighted by Gasteiger charge is -2.23. The van der Waals surface area contributed by atoms with Crippen LogP contribution >= 0.6 is 0 Å². The molecule has 29 heavy (non-hydrogen) atoms. The standard InChI is InChI=1S/C20H26N4O5/c1-2-3-4-5-8-23(12-19(27)28)18(26)13-29-15-6-7-16-14(9-15)10-24-11-17(25)22-20(24)21-16/h6-7,9H,2-5,8,10-13H2,1H3,(H,27,28)(H,21,22,25). The molecule has 0 spiro atoms. The van der Waals surface area contributed by atoms with Gasteiger partial charge in [-0.2, -0.15) is 0 Å². The number of rotatable bonds is 10. The number of aliphatic imine (C=N–C) groups is 1. The van der Waals surface area contributed by atoms with E-state index in [1.54, 1.807) is 18.2 Å². The Hall–Kier alpha value is -3.10. The maximum absolute atomic E-state index is 12.5. The predicted molar refractivity (Wildman–Crippen MR) is 106 cm³/mol. The molecule has 2 N–H and O–H groups in total. The van der Waals surface area contributed by atoms with Crippen LogP contribution in [0.3, 0.4) is 0 Å². The number of carbonyl (C=O) groups is 3. The molecule has 156 valence electrons. The van der Waals surface area contributed by atoms with Crippen LogP contribution in [-0.2, 0) is 20.9 Å². The van der Waals surface area contributed by atoms with Gasteiger partial charge < -0.3 is 19.6 Å². The molecule has 2 amide bonds. The summed E-state index contributed by atoms with van der Waals surface area (Å²) < 4.78 is 5.62. The van der Waals surface area contributed by atoms with Crippen LogP contribution in [0.1, 0.15) is 38.2 Å². The molecule has 0 unspecified atom stereocenters. The zero-order valence-electron chi connectivity index (χ0n) is 16.5. The molecule has 1 aromatic rings. The number of guanidine groups is 1. The van der Waals surface area contributed by atoms with Crippen LogP contribution in [0.2, 0.25) is 0 Å². The molecule has 0 aromatic heterocycles. The van der Waals surface area contributed by atoms with Crippen molar-refractivity contribution in [2.45, 2.75) is 39.2 Å². The van der Waals surface area contributed by atoms with E-state index in [9.17, 15) is 14.4 Å². The van der Waals surface area contributed by atoms with Crippen molar-refractivity contribution >= 4 is 29.4 Å². The number of amides is 2. The zero-order chi connectivity index (χ0) is 20.8. The van der Waals surface area contributed by atoms with Gasteiger partial charge in [-0.15, -0.1) is 0 Å². The number of aliphatic carboxylic acids is 1. The summed E-state index contributed by atoms with van der Waals surface area (Å²) in [7, 11) is 0. The van der Waals surface area contributed by atoms with Crippen molar-refractivity contribution in [3.8, 4) is 5.75 Å². The van der Waals surface area contributed by atoms with Crippen LogP contribution in [-0.4, -0.2) is 64.9 Å². The van der Waals surface area contributed by atoms with Gasteiger partial charge in [0.2, 0.25) is 11.9 Å². The van der Waals surface area contributed by atoms with Crippen molar-refractivity contribution < 1.29 is 24.2 Å². The SMILES string of the molecule is CCCCCCN(CC(=O)O)C(=O)COc1ccc2c(c1)CN1CC(=O)NC1=N2. The topological polar surface area (TPSA) is 112 Å². The average molecular weight is 402 g/mol. The molecule has 9 nitrogen and oxygen atoms in total. The molecule has 0 bridgehead atoms. The number of fused-ring (bicyclic) bond motifs is 2. The first kappa shape index (κ1) is 20.6. The summed E-state index contributed by atoms with van der Waals surface area (Å²) in [6, 6.07) is 5.30. The first-order valence-corrected chi connectivity index (χ1v) is 9.85. The predicted octanol–water partition coefficient (Wildman–Crippen LogP) is 1.49. The summed E-state index contributed by atoms with van der Waals surface area (Å²) in [4.78, 5) is 42.6. The summed E-state index contributed by atoms with van der Waals surface area (Å²) in [5.74, 6) is -0.411. The van der Waals surface area contributed by atoms with Crippen molar-refractivity contribution in [3.63, 3.8) is 0 Å². The first-order valence-electron chi connectivity index (χ1n) is 9.85. The number of carboxylic acid groups (broad SMARTS) is 1. The second-order valence-electron chi connectivity index (χ2n) is 7.19. The van der Waals surface area contributed by atoms with Crippen LogP contribution in [0.25, 0.3) is 0 Å². The molecule has 3 rings (SSSR count). The Kier molecular flexibility index (Phi) is 6.69.